The molecule has 2 amide bonds. The number of benzene rings is 2. The molecule has 2 N–H and O–H groups in total. The van der Waals surface area contributed by atoms with Crippen LogP contribution in [0.15, 0.2) is 42.5 Å². The second-order valence-electron chi connectivity index (χ2n) is 6.33. The van der Waals surface area contributed by atoms with Gasteiger partial charge in [-0.3, -0.25) is 9.59 Å². The number of nitrogens with one attached hydrogen (secondary N) is 2. The first kappa shape index (κ1) is 20.3. The Hall–Kier alpha value is -2.04. The van der Waals surface area contributed by atoms with Gasteiger partial charge in [-0.1, -0.05) is 61.3 Å². The van der Waals surface area contributed by atoms with Crippen LogP contribution in [0.1, 0.15) is 31.4 Å². The van der Waals surface area contributed by atoms with E-state index >= 15 is 0 Å². The maximum absolute atomic E-state index is 12.1. The maximum Gasteiger partial charge on any atom is 0.226 e. The van der Waals surface area contributed by atoms with Crippen LogP contribution in [0.2, 0.25) is 10.0 Å². The van der Waals surface area contributed by atoms with Crippen molar-refractivity contribution in [3.63, 3.8) is 0 Å². The topological polar surface area (TPSA) is 58.2 Å². The zero-order chi connectivity index (χ0) is 19.1. The number of anilines is 1. The summed E-state index contributed by atoms with van der Waals surface area (Å²) in [5.74, 6) is -0.195. The van der Waals surface area contributed by atoms with E-state index in [1.54, 1.807) is 6.07 Å². The van der Waals surface area contributed by atoms with Gasteiger partial charge in [0.25, 0.3) is 0 Å². The van der Waals surface area contributed by atoms with Crippen LogP contribution in [0.25, 0.3) is 0 Å². The van der Waals surface area contributed by atoms with E-state index in [2.05, 4.69) is 10.6 Å². The number of carbonyl (C=O) groups excluding carboxylic acids is 2. The monoisotopic (exact) mass is 392 g/mol. The normalized spacial score (nSPS) is 10.7. The minimum atomic E-state index is -0.0864. The van der Waals surface area contributed by atoms with Gasteiger partial charge in [-0.2, -0.15) is 0 Å². The van der Waals surface area contributed by atoms with E-state index in [0.717, 1.165) is 16.8 Å². The molecule has 0 aliphatic rings. The van der Waals surface area contributed by atoms with Crippen molar-refractivity contribution in [1.29, 1.82) is 0 Å². The third kappa shape index (κ3) is 6.04. The summed E-state index contributed by atoms with van der Waals surface area (Å²) in [6.45, 7) is 4.07. The Bertz CT molecular complexity index is 791. The van der Waals surface area contributed by atoms with Crippen molar-refractivity contribution in [2.45, 2.75) is 33.2 Å². The van der Waals surface area contributed by atoms with Gasteiger partial charge in [-0.25, -0.2) is 0 Å². The van der Waals surface area contributed by atoms with Gasteiger partial charge >= 0.3 is 0 Å². The molecule has 0 radical (unpaired) electrons. The number of aryl methyl sites for hydroxylation is 1. The summed E-state index contributed by atoms with van der Waals surface area (Å²) in [5, 5.41) is 6.71. The minimum absolute atomic E-state index is 0.0374. The van der Waals surface area contributed by atoms with Crippen molar-refractivity contribution in [2.75, 3.05) is 5.32 Å². The van der Waals surface area contributed by atoms with Crippen molar-refractivity contribution < 1.29 is 9.59 Å². The lowest BCUT2D eigenvalue weighted by Gasteiger charge is -2.10. The van der Waals surface area contributed by atoms with Crippen molar-refractivity contribution in [2.24, 2.45) is 5.92 Å². The molecule has 26 heavy (non-hydrogen) atoms. The number of hydrogen-bond acceptors (Lipinski definition) is 2. The molecule has 2 rings (SSSR count). The number of amides is 2. The minimum Gasteiger partial charge on any atom is -0.352 e. The van der Waals surface area contributed by atoms with Gasteiger partial charge < -0.3 is 10.6 Å². The van der Waals surface area contributed by atoms with E-state index in [9.17, 15) is 9.59 Å². The summed E-state index contributed by atoms with van der Waals surface area (Å²) in [4.78, 5) is 23.8. The van der Waals surface area contributed by atoms with E-state index in [0.29, 0.717) is 29.4 Å². The first-order chi connectivity index (χ1) is 12.4. The molecular formula is C20H22Cl2N2O2. The number of rotatable bonds is 7. The molecule has 0 aliphatic heterocycles. The smallest absolute Gasteiger partial charge is 0.226 e. The highest BCUT2D eigenvalue weighted by Crippen LogP contribution is 2.26. The van der Waals surface area contributed by atoms with Gasteiger partial charge in [0.2, 0.25) is 11.8 Å². The highest BCUT2D eigenvalue weighted by molar-refractivity contribution is 6.42. The number of hydrogen-bond donors (Lipinski definition) is 2. The van der Waals surface area contributed by atoms with Crippen LogP contribution < -0.4 is 10.6 Å². The maximum atomic E-state index is 12.1. The molecule has 0 bridgehead atoms. The molecule has 6 heteroatoms. The SMILES string of the molecule is CC(C)C(=O)Nc1cccc(CNC(=O)CCc2cccc(Cl)c2Cl)c1. The summed E-state index contributed by atoms with van der Waals surface area (Å²) >= 11 is 12.1. The fourth-order valence-corrected chi connectivity index (χ4v) is 2.74. The van der Waals surface area contributed by atoms with Crippen molar-refractivity contribution >= 4 is 40.7 Å². The summed E-state index contributed by atoms with van der Waals surface area (Å²) in [6.07, 6.45) is 0.847. The lowest BCUT2D eigenvalue weighted by atomic mass is 10.1. The molecule has 0 heterocycles. The Morgan fingerprint density at radius 1 is 1.08 bits per heavy atom. The molecule has 138 valence electrons. The number of halogens is 2. The van der Waals surface area contributed by atoms with Crippen molar-refractivity contribution in [1.82, 2.24) is 5.32 Å². The first-order valence-electron chi connectivity index (χ1n) is 8.46. The third-order valence-electron chi connectivity index (χ3n) is 3.86. The van der Waals surface area contributed by atoms with Crippen LogP contribution in [0.4, 0.5) is 5.69 Å². The van der Waals surface area contributed by atoms with E-state index in [-0.39, 0.29) is 17.7 Å². The van der Waals surface area contributed by atoms with Crippen LogP contribution in [0.5, 0.6) is 0 Å². The third-order valence-corrected chi connectivity index (χ3v) is 4.72. The summed E-state index contributed by atoms with van der Waals surface area (Å²) < 4.78 is 0. The fraction of sp³-hybridized carbons (Fsp3) is 0.300. The largest absolute Gasteiger partial charge is 0.352 e. The summed E-state index contributed by atoms with van der Waals surface area (Å²) in [7, 11) is 0. The molecule has 0 spiro atoms. The predicted octanol–water partition coefficient (Wildman–Crippen LogP) is 4.84. The average molecular weight is 393 g/mol. The van der Waals surface area contributed by atoms with Gasteiger partial charge in [0, 0.05) is 24.6 Å². The molecule has 2 aromatic rings. The zero-order valence-electron chi connectivity index (χ0n) is 14.8. The second kappa shape index (κ2) is 9.60. The van der Waals surface area contributed by atoms with E-state index in [4.69, 9.17) is 23.2 Å². The molecule has 0 saturated heterocycles. The molecule has 0 fully saturated rings. The summed E-state index contributed by atoms with van der Waals surface area (Å²) in [6, 6.07) is 12.8. The molecular weight excluding hydrogens is 371 g/mol. The molecule has 4 nitrogen and oxygen atoms in total. The highest BCUT2D eigenvalue weighted by Gasteiger charge is 2.09. The number of carbonyl (C=O) groups is 2. The molecule has 0 unspecified atom stereocenters. The van der Waals surface area contributed by atoms with Crippen LogP contribution >= 0.6 is 23.2 Å². The van der Waals surface area contributed by atoms with Crippen molar-refractivity contribution in [3.8, 4) is 0 Å². The standard InChI is InChI=1S/C20H22Cl2N2O2/c1-13(2)20(26)24-16-7-3-5-14(11-16)12-23-18(25)10-9-15-6-4-8-17(21)19(15)22/h3-8,11,13H,9-10,12H2,1-2H3,(H,23,25)(H,24,26). The molecule has 0 aliphatic carbocycles. The van der Waals surface area contributed by atoms with Gasteiger partial charge in [0.15, 0.2) is 0 Å². The van der Waals surface area contributed by atoms with E-state index in [1.165, 1.54) is 0 Å². The van der Waals surface area contributed by atoms with Crippen LogP contribution in [0, 0.1) is 5.92 Å². The Balaban J connectivity index is 1.85. The van der Waals surface area contributed by atoms with Gasteiger partial charge in [-0.05, 0) is 35.7 Å². The quantitative estimate of drug-likeness (QED) is 0.708. The van der Waals surface area contributed by atoms with Crippen LogP contribution in [-0.2, 0) is 22.6 Å². The fourth-order valence-electron chi connectivity index (χ4n) is 2.32. The second-order valence-corrected chi connectivity index (χ2v) is 7.12. The average Bonchev–Trinajstić information content (AvgIpc) is 2.61. The molecule has 2 aromatic carbocycles. The molecule has 0 saturated carbocycles. The zero-order valence-corrected chi connectivity index (χ0v) is 16.3. The Labute approximate surface area is 163 Å². The van der Waals surface area contributed by atoms with Crippen LogP contribution in [0.3, 0.4) is 0 Å². The molecule has 0 aromatic heterocycles. The highest BCUT2D eigenvalue weighted by atomic mass is 35.5. The van der Waals surface area contributed by atoms with Gasteiger partial charge in [-0.15, -0.1) is 0 Å². The Kier molecular flexibility index (Phi) is 7.49. The lowest BCUT2D eigenvalue weighted by molar-refractivity contribution is -0.121. The Morgan fingerprint density at radius 3 is 2.54 bits per heavy atom. The predicted molar refractivity (Wildman–Crippen MR) is 107 cm³/mol. The first-order valence-corrected chi connectivity index (χ1v) is 9.22. The van der Waals surface area contributed by atoms with E-state index < -0.39 is 0 Å². The van der Waals surface area contributed by atoms with E-state index in [1.807, 2.05) is 50.2 Å². The van der Waals surface area contributed by atoms with Gasteiger partial charge in [0.1, 0.15) is 0 Å². The Morgan fingerprint density at radius 2 is 1.81 bits per heavy atom. The van der Waals surface area contributed by atoms with Gasteiger partial charge in [0.05, 0.1) is 10.0 Å². The summed E-state index contributed by atoms with van der Waals surface area (Å²) in [5.41, 5.74) is 2.49. The lowest BCUT2D eigenvalue weighted by Crippen LogP contribution is -2.23. The van der Waals surface area contributed by atoms with Crippen LogP contribution in [-0.4, -0.2) is 11.8 Å². The van der Waals surface area contributed by atoms with Crippen molar-refractivity contribution in [3.05, 3.63) is 63.6 Å². The molecule has 0 atom stereocenters.